The van der Waals surface area contributed by atoms with Gasteiger partial charge in [-0.05, 0) is 31.0 Å². The lowest BCUT2D eigenvalue weighted by Gasteiger charge is -2.19. The number of fused-ring (bicyclic) bond motifs is 1. The van der Waals surface area contributed by atoms with Gasteiger partial charge >= 0.3 is 0 Å². The molecule has 0 saturated heterocycles. The third kappa shape index (κ3) is 1.50. The topological polar surface area (TPSA) is 32.3 Å². The van der Waals surface area contributed by atoms with Gasteiger partial charge in [-0.2, -0.15) is 0 Å². The van der Waals surface area contributed by atoms with Crippen molar-refractivity contribution in [1.82, 2.24) is 0 Å². The molecule has 14 heavy (non-hydrogen) atoms. The van der Waals surface area contributed by atoms with Gasteiger partial charge in [-0.1, -0.05) is 19.1 Å². The molecule has 0 radical (unpaired) electrons. The highest BCUT2D eigenvalue weighted by Gasteiger charge is 2.22. The summed E-state index contributed by atoms with van der Waals surface area (Å²) in [6.07, 6.45) is 0. The van der Waals surface area contributed by atoms with Crippen molar-refractivity contribution in [3.8, 4) is 0 Å². The van der Waals surface area contributed by atoms with Gasteiger partial charge in [0.15, 0.2) is 0 Å². The van der Waals surface area contributed by atoms with Crippen LogP contribution in [0.5, 0.6) is 0 Å². The van der Waals surface area contributed by atoms with Crippen LogP contribution in [0.15, 0.2) is 18.2 Å². The van der Waals surface area contributed by atoms with Crippen molar-refractivity contribution in [2.45, 2.75) is 32.3 Å². The molecule has 1 unspecified atom stereocenters. The Morgan fingerprint density at radius 2 is 2.14 bits per heavy atom. The van der Waals surface area contributed by atoms with E-state index in [1.165, 1.54) is 11.3 Å². The third-order valence-corrected chi connectivity index (χ3v) is 2.89. The molecule has 0 fully saturated rings. The summed E-state index contributed by atoms with van der Waals surface area (Å²) < 4.78 is 0. The summed E-state index contributed by atoms with van der Waals surface area (Å²) in [5, 5.41) is 13.2. The van der Waals surface area contributed by atoms with E-state index in [9.17, 15) is 5.11 Å². The molecule has 2 rings (SSSR count). The number of hydrogen-bond donors (Lipinski definition) is 2. The van der Waals surface area contributed by atoms with Crippen LogP contribution >= 0.6 is 0 Å². The maximum Gasteiger partial charge on any atom is 0.0840 e. The number of benzene rings is 1. The molecule has 1 aliphatic rings. The molecule has 1 aromatic carbocycles. The summed E-state index contributed by atoms with van der Waals surface area (Å²) in [5.74, 6) is 0.548. The highest BCUT2D eigenvalue weighted by molar-refractivity contribution is 5.59. The van der Waals surface area contributed by atoms with Gasteiger partial charge in [0.05, 0.1) is 5.60 Å². The molecule has 0 aliphatic carbocycles. The standard InChI is InChI=1S/C12H17NO/c1-8-7-13-11-5-4-9(6-10(8)11)12(2,3)14/h4-6,8,13-14H,7H2,1-3H3. The zero-order valence-corrected chi connectivity index (χ0v) is 8.96. The van der Waals surface area contributed by atoms with Crippen LogP contribution in [-0.2, 0) is 5.60 Å². The normalized spacial score (nSPS) is 20.4. The first-order chi connectivity index (χ1) is 6.48. The van der Waals surface area contributed by atoms with E-state index in [0.717, 1.165) is 12.1 Å². The minimum absolute atomic E-state index is 0.548. The van der Waals surface area contributed by atoms with E-state index in [1.54, 1.807) is 0 Å². The molecule has 1 heterocycles. The second kappa shape index (κ2) is 2.99. The Morgan fingerprint density at radius 1 is 1.43 bits per heavy atom. The largest absolute Gasteiger partial charge is 0.386 e. The van der Waals surface area contributed by atoms with Crippen molar-refractivity contribution >= 4 is 5.69 Å². The number of aliphatic hydroxyl groups is 1. The second-order valence-electron chi connectivity index (χ2n) is 4.64. The van der Waals surface area contributed by atoms with E-state index >= 15 is 0 Å². The molecule has 1 aromatic rings. The fourth-order valence-corrected chi connectivity index (χ4v) is 1.88. The van der Waals surface area contributed by atoms with Gasteiger partial charge in [0.1, 0.15) is 0 Å². The van der Waals surface area contributed by atoms with Crippen LogP contribution < -0.4 is 5.32 Å². The second-order valence-corrected chi connectivity index (χ2v) is 4.64. The van der Waals surface area contributed by atoms with Crippen molar-refractivity contribution in [3.63, 3.8) is 0 Å². The van der Waals surface area contributed by atoms with Gasteiger partial charge in [0.2, 0.25) is 0 Å². The Kier molecular flexibility index (Phi) is 2.04. The molecule has 2 heteroatoms. The van der Waals surface area contributed by atoms with Gasteiger partial charge in [0, 0.05) is 18.2 Å². The zero-order chi connectivity index (χ0) is 10.3. The smallest absolute Gasteiger partial charge is 0.0840 e. The van der Waals surface area contributed by atoms with Crippen LogP contribution in [0.2, 0.25) is 0 Å². The minimum atomic E-state index is -0.739. The maximum atomic E-state index is 9.89. The van der Waals surface area contributed by atoms with Gasteiger partial charge in [-0.15, -0.1) is 0 Å². The first-order valence-corrected chi connectivity index (χ1v) is 5.09. The number of anilines is 1. The van der Waals surface area contributed by atoms with E-state index < -0.39 is 5.60 Å². The molecule has 76 valence electrons. The van der Waals surface area contributed by atoms with Gasteiger partial charge < -0.3 is 10.4 Å². The average Bonchev–Trinajstić information content (AvgIpc) is 2.46. The Hall–Kier alpha value is -1.02. The van der Waals surface area contributed by atoms with E-state index in [4.69, 9.17) is 0 Å². The quantitative estimate of drug-likeness (QED) is 0.714. The summed E-state index contributed by atoms with van der Waals surface area (Å²) in [4.78, 5) is 0. The molecule has 2 N–H and O–H groups in total. The molecule has 0 saturated carbocycles. The maximum absolute atomic E-state index is 9.89. The predicted octanol–water partition coefficient (Wildman–Crippen LogP) is 2.44. The van der Waals surface area contributed by atoms with Crippen LogP contribution in [0.1, 0.15) is 37.8 Å². The van der Waals surface area contributed by atoms with Crippen molar-refractivity contribution in [3.05, 3.63) is 29.3 Å². The Bertz CT molecular complexity index is 352. The molecule has 1 aliphatic heterocycles. The van der Waals surface area contributed by atoms with Crippen molar-refractivity contribution in [1.29, 1.82) is 0 Å². The Balaban J connectivity index is 2.45. The van der Waals surface area contributed by atoms with Gasteiger partial charge in [-0.3, -0.25) is 0 Å². The summed E-state index contributed by atoms with van der Waals surface area (Å²) in [6.45, 7) is 6.85. The molecule has 0 bridgehead atoms. The molecule has 0 amide bonds. The average molecular weight is 191 g/mol. The van der Waals surface area contributed by atoms with Crippen LogP contribution in [0.25, 0.3) is 0 Å². The van der Waals surface area contributed by atoms with Gasteiger partial charge in [-0.25, -0.2) is 0 Å². The SMILES string of the molecule is CC1CNc2ccc(C(C)(C)O)cc21. The summed E-state index contributed by atoms with van der Waals surface area (Å²) >= 11 is 0. The van der Waals surface area contributed by atoms with E-state index in [1.807, 2.05) is 19.9 Å². The van der Waals surface area contributed by atoms with E-state index in [-0.39, 0.29) is 0 Å². The molecular formula is C12H17NO. The lowest BCUT2D eigenvalue weighted by atomic mass is 9.93. The molecule has 1 atom stereocenters. The fourth-order valence-electron chi connectivity index (χ4n) is 1.88. The Labute approximate surface area is 85.0 Å². The summed E-state index contributed by atoms with van der Waals surface area (Å²) in [5.41, 5.74) is 2.79. The van der Waals surface area contributed by atoms with Crippen molar-refractivity contribution in [2.75, 3.05) is 11.9 Å². The monoisotopic (exact) mass is 191 g/mol. The zero-order valence-electron chi connectivity index (χ0n) is 8.96. The number of hydrogen-bond acceptors (Lipinski definition) is 2. The minimum Gasteiger partial charge on any atom is -0.386 e. The molecule has 0 spiro atoms. The first-order valence-electron chi connectivity index (χ1n) is 5.09. The summed E-state index contributed by atoms with van der Waals surface area (Å²) in [7, 11) is 0. The Morgan fingerprint density at radius 3 is 2.79 bits per heavy atom. The van der Waals surface area contributed by atoms with E-state index in [0.29, 0.717) is 5.92 Å². The van der Waals surface area contributed by atoms with Crippen LogP contribution in [0.3, 0.4) is 0 Å². The van der Waals surface area contributed by atoms with Crippen molar-refractivity contribution < 1.29 is 5.11 Å². The van der Waals surface area contributed by atoms with Crippen LogP contribution in [-0.4, -0.2) is 11.7 Å². The van der Waals surface area contributed by atoms with Crippen LogP contribution in [0, 0.1) is 0 Å². The lowest BCUT2D eigenvalue weighted by Crippen LogP contribution is -2.15. The number of rotatable bonds is 1. The van der Waals surface area contributed by atoms with Crippen molar-refractivity contribution in [2.24, 2.45) is 0 Å². The number of nitrogens with one attached hydrogen (secondary N) is 1. The third-order valence-electron chi connectivity index (χ3n) is 2.89. The fraction of sp³-hybridized carbons (Fsp3) is 0.500. The first kappa shape index (κ1) is 9.53. The van der Waals surface area contributed by atoms with Gasteiger partial charge in [0.25, 0.3) is 0 Å². The predicted molar refractivity (Wildman–Crippen MR) is 58.6 cm³/mol. The molecule has 0 aromatic heterocycles. The highest BCUT2D eigenvalue weighted by atomic mass is 16.3. The highest BCUT2D eigenvalue weighted by Crippen LogP contribution is 2.34. The molecular weight excluding hydrogens is 174 g/mol. The van der Waals surface area contributed by atoms with E-state index in [2.05, 4.69) is 24.4 Å². The van der Waals surface area contributed by atoms with Crippen LogP contribution in [0.4, 0.5) is 5.69 Å². The molecule has 2 nitrogen and oxygen atoms in total. The summed E-state index contributed by atoms with van der Waals surface area (Å²) in [6, 6.07) is 6.16. The lowest BCUT2D eigenvalue weighted by molar-refractivity contribution is 0.0785.